The third-order valence-electron chi connectivity index (χ3n) is 2.43. The first-order valence-corrected chi connectivity index (χ1v) is 5.68. The van der Waals surface area contributed by atoms with Crippen LogP contribution >= 0.6 is 11.6 Å². The summed E-state index contributed by atoms with van der Waals surface area (Å²) in [5.41, 5.74) is 8.00. The van der Waals surface area contributed by atoms with Gasteiger partial charge in [0.2, 0.25) is 0 Å². The number of nitrogens with two attached hydrogens (primary N) is 1. The van der Waals surface area contributed by atoms with Crippen molar-refractivity contribution in [2.45, 2.75) is 13.8 Å². The number of carbonyl (C=O) groups excluding carboxylic acids is 1. The largest absolute Gasteiger partial charge is 0.466 e. The molecule has 0 spiro atoms. The summed E-state index contributed by atoms with van der Waals surface area (Å²) in [7, 11) is 1.35. The molecular weight excluding hydrogens is 238 g/mol. The molecule has 0 amide bonds. The van der Waals surface area contributed by atoms with Crippen LogP contribution in [0.5, 0.6) is 0 Å². The van der Waals surface area contributed by atoms with E-state index in [0.717, 1.165) is 11.1 Å². The molecule has 0 aliphatic carbocycles. The number of allylic oxidation sites excluding steroid dienone is 1. The van der Waals surface area contributed by atoms with Gasteiger partial charge in [0.05, 0.1) is 17.8 Å². The van der Waals surface area contributed by atoms with Gasteiger partial charge in [-0.1, -0.05) is 31.5 Å². The lowest BCUT2D eigenvalue weighted by Crippen LogP contribution is -2.02. The minimum Gasteiger partial charge on any atom is -0.466 e. The maximum absolute atomic E-state index is 11.3. The Morgan fingerprint density at radius 2 is 2.12 bits per heavy atom. The summed E-state index contributed by atoms with van der Waals surface area (Å²) in [5, 5.41) is 0.509. The SMILES string of the molecule is COC(=O)/C=C(/c1ccc(Cl)c(N)c1)C(C)C. The van der Waals surface area contributed by atoms with Crippen LogP contribution in [0.4, 0.5) is 5.69 Å². The van der Waals surface area contributed by atoms with Crippen molar-refractivity contribution in [1.29, 1.82) is 0 Å². The molecular formula is C13H16ClNO2. The summed E-state index contributed by atoms with van der Waals surface area (Å²) in [6, 6.07) is 5.32. The summed E-state index contributed by atoms with van der Waals surface area (Å²) in [6.45, 7) is 4.00. The molecule has 0 fully saturated rings. The molecule has 0 aliphatic heterocycles. The predicted octanol–water partition coefficient (Wildman–Crippen LogP) is 3.13. The Hall–Kier alpha value is -1.48. The number of esters is 1. The second-order valence-electron chi connectivity index (χ2n) is 4.01. The van der Waals surface area contributed by atoms with Gasteiger partial charge in [-0.2, -0.15) is 0 Å². The minimum atomic E-state index is -0.373. The second kappa shape index (κ2) is 5.73. The Kier molecular flexibility index (Phi) is 4.58. The van der Waals surface area contributed by atoms with E-state index >= 15 is 0 Å². The number of methoxy groups -OCH3 is 1. The Labute approximate surface area is 106 Å². The Bertz CT molecular complexity index is 453. The Morgan fingerprint density at radius 1 is 1.47 bits per heavy atom. The zero-order valence-corrected chi connectivity index (χ0v) is 10.9. The Balaban J connectivity index is 3.19. The summed E-state index contributed by atoms with van der Waals surface area (Å²) < 4.78 is 4.63. The number of ether oxygens (including phenoxy) is 1. The van der Waals surface area contributed by atoms with Gasteiger partial charge in [0.25, 0.3) is 0 Å². The lowest BCUT2D eigenvalue weighted by molar-refractivity contribution is -0.134. The van der Waals surface area contributed by atoms with Crippen molar-refractivity contribution in [1.82, 2.24) is 0 Å². The van der Waals surface area contributed by atoms with E-state index in [-0.39, 0.29) is 11.9 Å². The molecule has 1 rings (SSSR count). The fourth-order valence-corrected chi connectivity index (χ4v) is 1.61. The molecule has 0 bridgehead atoms. The van der Waals surface area contributed by atoms with Crippen molar-refractivity contribution in [3.63, 3.8) is 0 Å². The first-order valence-electron chi connectivity index (χ1n) is 5.30. The minimum absolute atomic E-state index is 0.190. The van der Waals surface area contributed by atoms with Gasteiger partial charge < -0.3 is 10.5 Å². The average Bonchev–Trinajstić information content (AvgIpc) is 2.29. The van der Waals surface area contributed by atoms with Crippen LogP contribution in [0.2, 0.25) is 5.02 Å². The van der Waals surface area contributed by atoms with E-state index in [1.54, 1.807) is 12.1 Å². The molecule has 0 unspecified atom stereocenters. The molecule has 92 valence electrons. The normalized spacial score (nSPS) is 11.7. The van der Waals surface area contributed by atoms with Gasteiger partial charge in [-0.25, -0.2) is 4.79 Å². The molecule has 0 heterocycles. The number of halogens is 1. The fourth-order valence-electron chi connectivity index (χ4n) is 1.49. The number of hydrogen-bond donors (Lipinski definition) is 1. The second-order valence-corrected chi connectivity index (χ2v) is 4.42. The van der Waals surface area contributed by atoms with Gasteiger partial charge in [-0.3, -0.25) is 0 Å². The molecule has 1 aromatic carbocycles. The van der Waals surface area contributed by atoms with Crippen molar-refractivity contribution in [2.75, 3.05) is 12.8 Å². The first-order chi connectivity index (χ1) is 7.95. The molecule has 4 heteroatoms. The number of benzene rings is 1. The van der Waals surface area contributed by atoms with Crippen molar-refractivity contribution in [3.05, 3.63) is 34.9 Å². The highest BCUT2D eigenvalue weighted by Gasteiger charge is 2.10. The van der Waals surface area contributed by atoms with Crippen LogP contribution in [0.25, 0.3) is 5.57 Å². The molecule has 2 N–H and O–H groups in total. The van der Waals surface area contributed by atoms with E-state index in [1.165, 1.54) is 13.2 Å². The fraction of sp³-hybridized carbons (Fsp3) is 0.308. The monoisotopic (exact) mass is 253 g/mol. The van der Waals surface area contributed by atoms with Crippen LogP contribution in [-0.4, -0.2) is 13.1 Å². The molecule has 1 aromatic rings. The molecule has 0 aromatic heterocycles. The highest BCUT2D eigenvalue weighted by atomic mass is 35.5. The summed E-state index contributed by atoms with van der Waals surface area (Å²) in [4.78, 5) is 11.3. The molecule has 0 aliphatic rings. The van der Waals surface area contributed by atoms with E-state index in [9.17, 15) is 4.79 Å². The van der Waals surface area contributed by atoms with Crippen molar-refractivity contribution >= 4 is 28.8 Å². The van der Waals surface area contributed by atoms with E-state index in [0.29, 0.717) is 10.7 Å². The van der Waals surface area contributed by atoms with Crippen molar-refractivity contribution < 1.29 is 9.53 Å². The zero-order chi connectivity index (χ0) is 13.0. The van der Waals surface area contributed by atoms with Crippen LogP contribution in [-0.2, 0) is 9.53 Å². The van der Waals surface area contributed by atoms with Gasteiger partial charge in [0, 0.05) is 6.08 Å². The average molecular weight is 254 g/mol. The van der Waals surface area contributed by atoms with Crippen LogP contribution in [0.1, 0.15) is 19.4 Å². The van der Waals surface area contributed by atoms with Crippen LogP contribution < -0.4 is 5.73 Å². The predicted molar refractivity (Wildman–Crippen MR) is 70.7 cm³/mol. The standard InChI is InChI=1S/C13H16ClNO2/c1-8(2)10(7-13(16)17-3)9-4-5-11(14)12(15)6-9/h4-8H,15H2,1-3H3/b10-7+. The smallest absolute Gasteiger partial charge is 0.330 e. The summed E-state index contributed by atoms with van der Waals surface area (Å²) in [6.07, 6.45) is 1.48. The van der Waals surface area contributed by atoms with Crippen LogP contribution in [0.3, 0.4) is 0 Å². The van der Waals surface area contributed by atoms with E-state index in [2.05, 4.69) is 4.74 Å². The first kappa shape index (κ1) is 13.6. The van der Waals surface area contributed by atoms with Gasteiger partial charge >= 0.3 is 5.97 Å². The van der Waals surface area contributed by atoms with Gasteiger partial charge in [-0.15, -0.1) is 0 Å². The van der Waals surface area contributed by atoms with Crippen molar-refractivity contribution in [3.8, 4) is 0 Å². The maximum Gasteiger partial charge on any atom is 0.330 e. The zero-order valence-electron chi connectivity index (χ0n) is 10.2. The molecule has 0 saturated carbocycles. The third kappa shape index (κ3) is 3.49. The highest BCUT2D eigenvalue weighted by molar-refractivity contribution is 6.33. The van der Waals surface area contributed by atoms with Gasteiger partial charge in [0.1, 0.15) is 0 Å². The molecule has 0 saturated heterocycles. The maximum atomic E-state index is 11.3. The molecule has 0 atom stereocenters. The number of hydrogen-bond acceptors (Lipinski definition) is 3. The topological polar surface area (TPSA) is 52.3 Å². The van der Waals surface area contributed by atoms with Gasteiger partial charge in [0.15, 0.2) is 0 Å². The van der Waals surface area contributed by atoms with Crippen LogP contribution in [0.15, 0.2) is 24.3 Å². The summed E-state index contributed by atoms with van der Waals surface area (Å²) >= 11 is 5.86. The van der Waals surface area contributed by atoms with E-state index in [1.807, 2.05) is 19.9 Å². The van der Waals surface area contributed by atoms with Gasteiger partial charge in [-0.05, 0) is 29.2 Å². The van der Waals surface area contributed by atoms with Crippen molar-refractivity contribution in [2.24, 2.45) is 5.92 Å². The number of anilines is 1. The quantitative estimate of drug-likeness (QED) is 0.512. The lowest BCUT2D eigenvalue weighted by atomic mass is 9.94. The number of rotatable bonds is 3. The summed E-state index contributed by atoms with van der Waals surface area (Å²) in [5.74, 6) is -0.183. The number of carbonyl (C=O) groups is 1. The molecule has 3 nitrogen and oxygen atoms in total. The lowest BCUT2D eigenvalue weighted by Gasteiger charge is -2.12. The Morgan fingerprint density at radius 3 is 2.59 bits per heavy atom. The van der Waals surface area contributed by atoms with Crippen LogP contribution in [0, 0.1) is 5.92 Å². The van der Waals surface area contributed by atoms with E-state index < -0.39 is 0 Å². The highest BCUT2D eigenvalue weighted by Crippen LogP contribution is 2.28. The number of nitrogen functional groups attached to an aromatic ring is 1. The molecule has 0 radical (unpaired) electrons. The third-order valence-corrected chi connectivity index (χ3v) is 2.77. The van der Waals surface area contributed by atoms with E-state index in [4.69, 9.17) is 17.3 Å². The molecule has 17 heavy (non-hydrogen) atoms.